The first-order valence-electron chi connectivity index (χ1n) is 7.64. The zero-order valence-electron chi connectivity index (χ0n) is 13.2. The third-order valence-electron chi connectivity index (χ3n) is 3.76. The van der Waals surface area contributed by atoms with E-state index in [0.29, 0.717) is 12.4 Å². The maximum Gasteiger partial charge on any atom is 0.339 e. The Balaban J connectivity index is 1.77. The number of carboxylic acids is 1. The predicted molar refractivity (Wildman–Crippen MR) is 83.6 cm³/mol. The molecule has 0 aromatic carbocycles. The summed E-state index contributed by atoms with van der Waals surface area (Å²) in [7, 11) is 0. The number of ether oxygens (including phenoxy) is 1. The molecule has 3 heterocycles. The molecule has 2 atom stereocenters. The second kappa shape index (κ2) is 6.47. The number of carbonyl (C=O) groups is 1. The molecule has 2 unspecified atom stereocenters. The van der Waals surface area contributed by atoms with Crippen LogP contribution < -0.4 is 0 Å². The Kier molecular flexibility index (Phi) is 4.40. The third kappa shape index (κ3) is 3.57. The molecule has 7 nitrogen and oxygen atoms in total. The zero-order valence-corrected chi connectivity index (χ0v) is 13.2. The highest BCUT2D eigenvalue weighted by atomic mass is 16.5. The molecule has 3 rings (SSSR count). The van der Waals surface area contributed by atoms with E-state index in [9.17, 15) is 9.90 Å². The average molecular weight is 316 g/mol. The molecule has 122 valence electrons. The van der Waals surface area contributed by atoms with Crippen LogP contribution in [0.2, 0.25) is 0 Å². The van der Waals surface area contributed by atoms with Gasteiger partial charge < -0.3 is 9.84 Å². The fourth-order valence-corrected chi connectivity index (χ4v) is 2.95. The predicted octanol–water partition coefficient (Wildman–Crippen LogP) is 1.57. The van der Waals surface area contributed by atoms with E-state index in [2.05, 4.69) is 28.8 Å². The number of aromatic nitrogens is 3. The third-order valence-corrected chi connectivity index (χ3v) is 3.76. The summed E-state index contributed by atoms with van der Waals surface area (Å²) in [5.74, 6) is -0.684. The Morgan fingerprint density at radius 1 is 1.35 bits per heavy atom. The highest BCUT2D eigenvalue weighted by molar-refractivity contribution is 5.90. The number of hydrogen-bond donors (Lipinski definition) is 1. The molecule has 0 saturated carbocycles. The minimum absolute atomic E-state index is 0.135. The van der Waals surface area contributed by atoms with E-state index in [1.54, 1.807) is 18.5 Å². The lowest BCUT2D eigenvalue weighted by Gasteiger charge is -2.34. The van der Waals surface area contributed by atoms with Crippen LogP contribution in [0.25, 0.3) is 5.82 Å². The van der Waals surface area contributed by atoms with Gasteiger partial charge in [0.15, 0.2) is 5.82 Å². The van der Waals surface area contributed by atoms with E-state index in [-0.39, 0.29) is 17.8 Å². The van der Waals surface area contributed by atoms with Crippen LogP contribution >= 0.6 is 0 Å². The molecule has 1 aliphatic rings. The molecule has 1 N–H and O–H groups in total. The summed E-state index contributed by atoms with van der Waals surface area (Å²) in [4.78, 5) is 17.7. The van der Waals surface area contributed by atoms with Gasteiger partial charge in [0, 0.05) is 32.0 Å². The summed E-state index contributed by atoms with van der Waals surface area (Å²) >= 11 is 0. The van der Waals surface area contributed by atoms with Gasteiger partial charge in [-0.05, 0) is 32.0 Å². The summed E-state index contributed by atoms with van der Waals surface area (Å²) in [5.41, 5.74) is 1.02. The topological polar surface area (TPSA) is 80.5 Å². The first-order chi connectivity index (χ1) is 11.0. The van der Waals surface area contributed by atoms with Gasteiger partial charge in [0.2, 0.25) is 0 Å². The summed E-state index contributed by atoms with van der Waals surface area (Å²) in [5, 5.41) is 13.7. The van der Waals surface area contributed by atoms with Gasteiger partial charge in [0.25, 0.3) is 0 Å². The van der Waals surface area contributed by atoms with Crippen LogP contribution in [0.5, 0.6) is 0 Å². The van der Waals surface area contributed by atoms with Gasteiger partial charge in [-0.15, -0.1) is 0 Å². The van der Waals surface area contributed by atoms with Crippen molar-refractivity contribution in [3.05, 3.63) is 41.9 Å². The van der Waals surface area contributed by atoms with Gasteiger partial charge in [-0.2, -0.15) is 5.10 Å². The molecular weight excluding hydrogens is 296 g/mol. The van der Waals surface area contributed by atoms with Gasteiger partial charge in [-0.25, -0.2) is 14.5 Å². The van der Waals surface area contributed by atoms with Crippen LogP contribution in [-0.2, 0) is 11.3 Å². The van der Waals surface area contributed by atoms with E-state index in [4.69, 9.17) is 4.74 Å². The Morgan fingerprint density at radius 2 is 2.09 bits per heavy atom. The van der Waals surface area contributed by atoms with E-state index < -0.39 is 5.97 Å². The molecular formula is C16H20N4O3. The summed E-state index contributed by atoms with van der Waals surface area (Å²) in [6.07, 6.45) is 3.72. The number of aromatic carboxylic acids is 1. The molecule has 1 fully saturated rings. The van der Waals surface area contributed by atoms with Crippen molar-refractivity contribution in [1.82, 2.24) is 19.7 Å². The van der Waals surface area contributed by atoms with Gasteiger partial charge in [0.05, 0.1) is 17.9 Å². The highest BCUT2D eigenvalue weighted by Gasteiger charge is 2.23. The standard InChI is InChI=1S/C16H20N4O3/c1-11-8-19(9-12(2)23-11)10-13-5-7-20(18-13)15-14(16(21)22)4-3-6-17-15/h3-7,11-12H,8-10H2,1-2H3,(H,21,22). The number of rotatable bonds is 4. The monoisotopic (exact) mass is 316 g/mol. The summed E-state index contributed by atoms with van der Waals surface area (Å²) < 4.78 is 7.25. The van der Waals surface area contributed by atoms with Crippen LogP contribution in [0.3, 0.4) is 0 Å². The summed E-state index contributed by atoms with van der Waals surface area (Å²) in [6, 6.07) is 5.02. The van der Waals surface area contributed by atoms with Gasteiger partial charge in [-0.1, -0.05) is 0 Å². The first-order valence-corrected chi connectivity index (χ1v) is 7.64. The SMILES string of the molecule is CC1CN(Cc2ccn(-c3ncccc3C(=O)O)n2)CC(C)O1. The van der Waals surface area contributed by atoms with Crippen molar-refractivity contribution in [3.8, 4) is 5.82 Å². The van der Waals surface area contributed by atoms with Gasteiger partial charge in [-0.3, -0.25) is 4.90 Å². The molecule has 1 aliphatic heterocycles. The van der Waals surface area contributed by atoms with Crippen molar-refractivity contribution in [2.45, 2.75) is 32.6 Å². The normalized spacial score (nSPS) is 22.2. The van der Waals surface area contributed by atoms with Crippen LogP contribution in [0.1, 0.15) is 29.9 Å². The molecule has 0 amide bonds. The lowest BCUT2D eigenvalue weighted by Crippen LogP contribution is -2.44. The summed E-state index contributed by atoms with van der Waals surface area (Å²) in [6.45, 7) is 6.56. The Hall–Kier alpha value is -2.25. The Bertz CT molecular complexity index is 690. The second-order valence-electron chi connectivity index (χ2n) is 5.88. The number of morpholine rings is 1. The maximum absolute atomic E-state index is 11.3. The molecule has 2 aromatic rings. The van der Waals surface area contributed by atoms with Crippen LogP contribution in [0.15, 0.2) is 30.6 Å². The van der Waals surface area contributed by atoms with E-state index in [1.807, 2.05) is 6.07 Å². The van der Waals surface area contributed by atoms with Crippen molar-refractivity contribution in [3.63, 3.8) is 0 Å². The first kappa shape index (κ1) is 15.6. The zero-order chi connectivity index (χ0) is 16.4. The van der Waals surface area contributed by atoms with Crippen molar-refractivity contribution in [1.29, 1.82) is 0 Å². The van der Waals surface area contributed by atoms with Gasteiger partial charge in [0.1, 0.15) is 5.56 Å². The Labute approximate surface area is 134 Å². The fourth-order valence-electron chi connectivity index (χ4n) is 2.95. The van der Waals surface area contributed by atoms with E-state index in [1.165, 1.54) is 10.7 Å². The van der Waals surface area contributed by atoms with Gasteiger partial charge >= 0.3 is 5.97 Å². The maximum atomic E-state index is 11.3. The highest BCUT2D eigenvalue weighted by Crippen LogP contribution is 2.15. The quantitative estimate of drug-likeness (QED) is 0.922. The molecule has 0 aliphatic carbocycles. The molecule has 0 bridgehead atoms. The lowest BCUT2D eigenvalue weighted by molar-refractivity contribution is -0.0707. The molecule has 1 saturated heterocycles. The number of pyridine rings is 1. The molecule has 23 heavy (non-hydrogen) atoms. The van der Waals surface area contributed by atoms with Crippen molar-refractivity contribution >= 4 is 5.97 Å². The second-order valence-corrected chi connectivity index (χ2v) is 5.88. The van der Waals surface area contributed by atoms with Crippen LogP contribution in [0.4, 0.5) is 0 Å². The average Bonchev–Trinajstić information content (AvgIpc) is 2.94. The van der Waals surface area contributed by atoms with Crippen molar-refractivity contribution < 1.29 is 14.6 Å². The molecule has 0 spiro atoms. The molecule has 7 heteroatoms. The van der Waals surface area contributed by atoms with E-state index in [0.717, 1.165) is 18.8 Å². The smallest absolute Gasteiger partial charge is 0.339 e. The van der Waals surface area contributed by atoms with Crippen LogP contribution in [0, 0.1) is 0 Å². The lowest BCUT2D eigenvalue weighted by atomic mass is 10.2. The minimum Gasteiger partial charge on any atom is -0.478 e. The van der Waals surface area contributed by atoms with Crippen molar-refractivity contribution in [2.24, 2.45) is 0 Å². The van der Waals surface area contributed by atoms with Crippen molar-refractivity contribution in [2.75, 3.05) is 13.1 Å². The van der Waals surface area contributed by atoms with Crippen LogP contribution in [-0.4, -0.2) is 56.0 Å². The fraction of sp³-hybridized carbons (Fsp3) is 0.438. The Morgan fingerprint density at radius 3 is 2.78 bits per heavy atom. The number of nitrogens with zero attached hydrogens (tertiary/aromatic N) is 4. The number of carboxylic acid groups (broad SMARTS) is 1. The molecule has 0 radical (unpaired) electrons. The molecule has 2 aromatic heterocycles. The largest absolute Gasteiger partial charge is 0.478 e. The van der Waals surface area contributed by atoms with E-state index >= 15 is 0 Å². The minimum atomic E-state index is -1.01. The number of hydrogen-bond acceptors (Lipinski definition) is 5.